The molecule has 32 heavy (non-hydrogen) atoms. The molecule has 3 rings (SSSR count). The quantitative estimate of drug-likeness (QED) is 0.379. The van der Waals surface area contributed by atoms with Gasteiger partial charge in [0, 0.05) is 18.2 Å². The molecule has 0 spiro atoms. The van der Waals surface area contributed by atoms with Gasteiger partial charge in [-0.25, -0.2) is 14.4 Å². The van der Waals surface area contributed by atoms with Crippen molar-refractivity contribution in [3.8, 4) is 0 Å². The third-order valence-electron chi connectivity index (χ3n) is 5.29. The van der Waals surface area contributed by atoms with E-state index in [0.29, 0.717) is 6.42 Å². The summed E-state index contributed by atoms with van der Waals surface area (Å²) >= 11 is 0. The van der Waals surface area contributed by atoms with Gasteiger partial charge < -0.3 is 14.4 Å². The molecule has 1 saturated heterocycles. The fraction of sp³-hybridized carbons (Fsp3) is 0.750. The van der Waals surface area contributed by atoms with E-state index in [2.05, 4.69) is 10.1 Å². The molecule has 1 aromatic heterocycles. The lowest BCUT2D eigenvalue weighted by molar-refractivity contribution is -0.149. The molecule has 11 nitrogen and oxygen atoms in total. The first kappa shape index (κ1) is 26.5. The van der Waals surface area contributed by atoms with Crippen LogP contribution in [-0.4, -0.2) is 45.8 Å². The van der Waals surface area contributed by atoms with Gasteiger partial charge in [-0.3, -0.25) is 23.7 Å². The zero-order chi connectivity index (χ0) is 23.7. The van der Waals surface area contributed by atoms with E-state index in [1.54, 1.807) is 0 Å². The van der Waals surface area contributed by atoms with E-state index >= 15 is 0 Å². The van der Waals surface area contributed by atoms with Crippen molar-refractivity contribution in [2.75, 3.05) is 13.2 Å². The highest BCUT2D eigenvalue weighted by atomic mass is 31.2. The number of H-pyrrole nitrogens is 1. The predicted molar refractivity (Wildman–Crippen MR) is 117 cm³/mol. The summed E-state index contributed by atoms with van der Waals surface area (Å²) in [5.41, 5.74) is -1.09. The highest BCUT2D eigenvalue weighted by Gasteiger charge is 2.35. The number of esters is 1. The molecule has 1 aliphatic heterocycles. The molecule has 4 unspecified atom stereocenters. The fourth-order valence-corrected chi connectivity index (χ4v) is 4.59. The summed E-state index contributed by atoms with van der Waals surface area (Å²) in [5, 5.41) is 2.21. The Balaban J connectivity index is 0.00000176. The number of rotatable bonds is 8. The summed E-state index contributed by atoms with van der Waals surface area (Å²) in [7, 11) is -4.23. The number of ether oxygens (including phenoxy) is 2. The van der Waals surface area contributed by atoms with Crippen LogP contribution in [-0.2, 0) is 23.4 Å². The molecule has 2 aliphatic rings. The van der Waals surface area contributed by atoms with Crippen LogP contribution in [0.2, 0.25) is 0 Å². The Morgan fingerprint density at radius 2 is 2.00 bits per heavy atom. The van der Waals surface area contributed by atoms with Gasteiger partial charge in [-0.05, 0) is 32.1 Å². The number of carbonyl (C=O) groups is 1. The van der Waals surface area contributed by atoms with Crippen molar-refractivity contribution >= 4 is 13.7 Å². The second kappa shape index (κ2) is 12.5. The Kier molecular flexibility index (Phi) is 10.3. The highest BCUT2D eigenvalue weighted by molar-refractivity contribution is 7.50. The molecule has 0 aromatic carbocycles. The number of hydrogen-bond donors (Lipinski definition) is 3. The van der Waals surface area contributed by atoms with Gasteiger partial charge >= 0.3 is 19.4 Å². The SMILES string of the molecule is CC.CC1CC(COP(=O)(O)NCC(=O)OC2CCCCC2)OC1n1ccc(=O)[nH]c1=O. The van der Waals surface area contributed by atoms with Gasteiger partial charge in [0.1, 0.15) is 18.9 Å². The molecule has 0 radical (unpaired) electrons. The van der Waals surface area contributed by atoms with E-state index in [1.165, 1.54) is 16.8 Å². The van der Waals surface area contributed by atoms with Crippen molar-refractivity contribution in [1.29, 1.82) is 0 Å². The minimum absolute atomic E-state index is 0.0845. The summed E-state index contributed by atoms with van der Waals surface area (Å²) in [6.07, 6.45) is 5.34. The number of carbonyl (C=O) groups excluding carboxylic acids is 1. The highest BCUT2D eigenvalue weighted by Crippen LogP contribution is 2.39. The van der Waals surface area contributed by atoms with Gasteiger partial charge in [0.05, 0.1) is 12.7 Å². The topological polar surface area (TPSA) is 149 Å². The van der Waals surface area contributed by atoms with Crippen molar-refractivity contribution < 1.29 is 28.3 Å². The average molecular weight is 475 g/mol. The largest absolute Gasteiger partial charge is 0.461 e. The minimum Gasteiger partial charge on any atom is -0.461 e. The normalized spacial score (nSPS) is 25.4. The molecule has 2 heterocycles. The van der Waals surface area contributed by atoms with E-state index < -0.39 is 43.8 Å². The number of aromatic nitrogens is 2. The van der Waals surface area contributed by atoms with Gasteiger partial charge in [-0.1, -0.05) is 27.2 Å². The Labute approximate surface area is 187 Å². The summed E-state index contributed by atoms with van der Waals surface area (Å²) in [6.45, 7) is 5.24. The molecule has 0 amide bonds. The second-order valence-corrected chi connectivity index (χ2v) is 9.40. The first-order valence-electron chi connectivity index (χ1n) is 11.1. The van der Waals surface area contributed by atoms with Crippen molar-refractivity contribution in [2.24, 2.45) is 5.92 Å². The molecular weight excluding hydrogens is 441 g/mol. The summed E-state index contributed by atoms with van der Waals surface area (Å²) in [6, 6.07) is 1.22. The summed E-state index contributed by atoms with van der Waals surface area (Å²) in [5.74, 6) is -0.679. The first-order chi connectivity index (χ1) is 15.2. The van der Waals surface area contributed by atoms with Crippen LogP contribution in [0.4, 0.5) is 0 Å². The smallest absolute Gasteiger partial charge is 0.403 e. The molecule has 1 aromatic rings. The predicted octanol–water partition coefficient (Wildman–Crippen LogP) is 2.07. The van der Waals surface area contributed by atoms with Crippen molar-refractivity contribution in [2.45, 2.75) is 77.7 Å². The van der Waals surface area contributed by atoms with Crippen LogP contribution in [0.3, 0.4) is 0 Å². The number of aromatic amines is 1. The molecule has 12 heteroatoms. The third-order valence-corrected chi connectivity index (χ3v) is 6.34. The van der Waals surface area contributed by atoms with Crippen LogP contribution < -0.4 is 16.3 Å². The van der Waals surface area contributed by atoms with Crippen molar-refractivity contribution in [3.05, 3.63) is 33.1 Å². The standard InChI is InChI=1S/C18H28N3O8P.C2H6/c1-12-9-14(29-17(12)21-8-7-15(22)20-18(21)24)11-27-30(25,26)19-10-16(23)28-13-5-3-2-4-6-13;1-2/h7-8,12-14,17H,2-6,9-11H2,1H3,(H2,19,25,26)(H,20,22,24);1-2H3. The maximum absolute atomic E-state index is 12.2. The van der Waals surface area contributed by atoms with Crippen LogP contribution in [0.5, 0.6) is 0 Å². The van der Waals surface area contributed by atoms with Gasteiger partial charge in [0.2, 0.25) is 0 Å². The Hall–Kier alpha value is -1.78. The van der Waals surface area contributed by atoms with Crippen LogP contribution >= 0.6 is 7.75 Å². The Morgan fingerprint density at radius 3 is 2.66 bits per heavy atom. The summed E-state index contributed by atoms with van der Waals surface area (Å²) in [4.78, 5) is 47.1. The molecular formula is C20H34N3O8P. The van der Waals surface area contributed by atoms with Gasteiger partial charge in [0.25, 0.3) is 5.56 Å². The Bertz CT molecular complexity index is 895. The zero-order valence-electron chi connectivity index (χ0n) is 18.8. The van der Waals surface area contributed by atoms with E-state index in [9.17, 15) is 23.8 Å². The molecule has 2 fully saturated rings. The van der Waals surface area contributed by atoms with E-state index in [4.69, 9.17) is 14.0 Å². The van der Waals surface area contributed by atoms with E-state index in [-0.39, 0.29) is 18.6 Å². The lowest BCUT2D eigenvalue weighted by atomic mass is 9.98. The first-order valence-corrected chi connectivity index (χ1v) is 12.7. The van der Waals surface area contributed by atoms with Gasteiger partial charge in [-0.2, -0.15) is 0 Å². The lowest BCUT2D eigenvalue weighted by Crippen LogP contribution is -2.33. The molecule has 1 saturated carbocycles. The number of nitrogens with one attached hydrogen (secondary N) is 2. The fourth-order valence-electron chi connectivity index (χ4n) is 3.80. The third kappa shape index (κ3) is 7.97. The molecule has 1 aliphatic carbocycles. The maximum atomic E-state index is 12.2. The van der Waals surface area contributed by atoms with Gasteiger partial charge in [0.15, 0.2) is 0 Å². The lowest BCUT2D eigenvalue weighted by Gasteiger charge is -2.22. The molecule has 3 N–H and O–H groups in total. The van der Waals surface area contributed by atoms with Crippen LogP contribution in [0.25, 0.3) is 0 Å². The van der Waals surface area contributed by atoms with Gasteiger partial charge in [-0.15, -0.1) is 0 Å². The number of nitrogens with zero attached hydrogens (tertiary/aromatic N) is 1. The second-order valence-electron chi connectivity index (χ2n) is 7.78. The average Bonchev–Trinajstić information content (AvgIpc) is 3.14. The van der Waals surface area contributed by atoms with E-state index in [1.807, 2.05) is 20.8 Å². The van der Waals surface area contributed by atoms with Crippen LogP contribution in [0, 0.1) is 5.92 Å². The molecule has 4 atom stereocenters. The zero-order valence-corrected chi connectivity index (χ0v) is 19.7. The van der Waals surface area contributed by atoms with E-state index in [0.717, 1.165) is 32.1 Å². The van der Waals surface area contributed by atoms with Crippen molar-refractivity contribution in [1.82, 2.24) is 14.6 Å². The molecule has 182 valence electrons. The summed E-state index contributed by atoms with van der Waals surface area (Å²) < 4.78 is 29.5. The molecule has 0 bridgehead atoms. The van der Waals surface area contributed by atoms with Crippen molar-refractivity contribution in [3.63, 3.8) is 0 Å². The van der Waals surface area contributed by atoms with Crippen LogP contribution in [0.15, 0.2) is 21.9 Å². The number of hydrogen-bond acceptors (Lipinski definition) is 7. The Morgan fingerprint density at radius 1 is 1.31 bits per heavy atom. The monoisotopic (exact) mass is 475 g/mol. The minimum atomic E-state index is -4.23. The maximum Gasteiger partial charge on any atom is 0.403 e. The van der Waals surface area contributed by atoms with Crippen LogP contribution in [0.1, 0.15) is 65.5 Å².